The lowest BCUT2D eigenvalue weighted by Crippen LogP contribution is -2.43. The first-order valence-corrected chi connectivity index (χ1v) is 6.35. The van der Waals surface area contributed by atoms with Gasteiger partial charge in [0.25, 0.3) is 0 Å². The summed E-state index contributed by atoms with van der Waals surface area (Å²) < 4.78 is 24.2. The van der Waals surface area contributed by atoms with Crippen molar-refractivity contribution in [2.45, 2.75) is 25.3 Å². The van der Waals surface area contributed by atoms with Gasteiger partial charge in [0.1, 0.15) is 6.04 Å². The van der Waals surface area contributed by atoms with Crippen LogP contribution in [0.2, 0.25) is 0 Å². The van der Waals surface area contributed by atoms with Crippen molar-refractivity contribution in [2.75, 3.05) is 12.3 Å². The second-order valence-corrected chi connectivity index (χ2v) is 5.94. The number of aliphatic carboxylic acids is 1. The SMILES string of the molecule is O=C(O)C(C1CC1)N1CCCS1(=O)=O. The van der Waals surface area contributed by atoms with Crippen molar-refractivity contribution in [1.82, 2.24) is 4.31 Å². The number of carboxylic acid groups (broad SMARTS) is 1. The predicted octanol–water partition coefficient (Wildman–Crippen LogP) is -0.115. The molecule has 0 aromatic heterocycles. The molecule has 1 aliphatic carbocycles. The van der Waals surface area contributed by atoms with E-state index in [1.807, 2.05) is 0 Å². The average molecular weight is 219 g/mol. The lowest BCUT2D eigenvalue weighted by Gasteiger charge is -2.22. The van der Waals surface area contributed by atoms with Crippen LogP contribution in [0.5, 0.6) is 0 Å². The van der Waals surface area contributed by atoms with E-state index in [0.29, 0.717) is 13.0 Å². The molecule has 1 saturated heterocycles. The van der Waals surface area contributed by atoms with Crippen LogP contribution in [-0.2, 0) is 14.8 Å². The number of hydrogen-bond acceptors (Lipinski definition) is 3. The number of carboxylic acids is 1. The summed E-state index contributed by atoms with van der Waals surface area (Å²) in [4.78, 5) is 10.9. The zero-order valence-electron chi connectivity index (χ0n) is 7.72. The Morgan fingerprint density at radius 2 is 2.07 bits per heavy atom. The Bertz CT molecular complexity index is 346. The highest BCUT2D eigenvalue weighted by Gasteiger charge is 2.46. The molecule has 0 amide bonds. The number of rotatable bonds is 3. The van der Waals surface area contributed by atoms with E-state index >= 15 is 0 Å². The fourth-order valence-corrected chi connectivity index (χ4v) is 3.69. The van der Waals surface area contributed by atoms with Gasteiger partial charge in [-0.05, 0) is 25.2 Å². The van der Waals surface area contributed by atoms with Crippen LogP contribution in [0.25, 0.3) is 0 Å². The predicted molar refractivity (Wildman–Crippen MR) is 49.3 cm³/mol. The molecular formula is C8H13NO4S. The van der Waals surface area contributed by atoms with Crippen molar-refractivity contribution >= 4 is 16.0 Å². The van der Waals surface area contributed by atoms with Crippen molar-refractivity contribution in [3.8, 4) is 0 Å². The van der Waals surface area contributed by atoms with Crippen LogP contribution in [0, 0.1) is 5.92 Å². The van der Waals surface area contributed by atoms with Crippen LogP contribution in [0.4, 0.5) is 0 Å². The molecule has 2 fully saturated rings. The Labute approximate surface area is 82.8 Å². The second kappa shape index (κ2) is 3.20. The molecule has 2 aliphatic rings. The van der Waals surface area contributed by atoms with Crippen molar-refractivity contribution in [2.24, 2.45) is 5.92 Å². The summed E-state index contributed by atoms with van der Waals surface area (Å²) >= 11 is 0. The van der Waals surface area contributed by atoms with E-state index in [4.69, 9.17) is 5.11 Å². The quantitative estimate of drug-likeness (QED) is 0.718. The summed E-state index contributed by atoms with van der Waals surface area (Å²) in [6, 6.07) is -0.803. The Kier molecular flexibility index (Phi) is 2.27. The van der Waals surface area contributed by atoms with Crippen LogP contribution < -0.4 is 0 Å². The second-order valence-electron chi connectivity index (χ2n) is 3.90. The van der Waals surface area contributed by atoms with Gasteiger partial charge in [0.2, 0.25) is 10.0 Å². The summed E-state index contributed by atoms with van der Waals surface area (Å²) in [5.74, 6) is -0.859. The van der Waals surface area contributed by atoms with Crippen LogP contribution in [0.3, 0.4) is 0 Å². The van der Waals surface area contributed by atoms with E-state index in [0.717, 1.165) is 12.8 Å². The molecule has 0 aromatic rings. The lowest BCUT2D eigenvalue weighted by molar-refractivity contribution is -0.142. The third-order valence-corrected chi connectivity index (χ3v) is 4.70. The first-order chi connectivity index (χ1) is 6.52. The third kappa shape index (κ3) is 1.64. The zero-order chi connectivity index (χ0) is 10.3. The average Bonchev–Trinajstić information content (AvgIpc) is 2.80. The first-order valence-electron chi connectivity index (χ1n) is 4.75. The number of sulfonamides is 1. The number of nitrogens with zero attached hydrogens (tertiary/aromatic N) is 1. The molecule has 1 saturated carbocycles. The van der Waals surface area contributed by atoms with E-state index in [1.165, 1.54) is 4.31 Å². The molecule has 0 aromatic carbocycles. The Morgan fingerprint density at radius 3 is 2.43 bits per heavy atom. The van der Waals surface area contributed by atoms with E-state index in [9.17, 15) is 13.2 Å². The zero-order valence-corrected chi connectivity index (χ0v) is 8.53. The highest BCUT2D eigenvalue weighted by atomic mass is 32.2. The molecule has 1 N–H and O–H groups in total. The first kappa shape index (κ1) is 9.92. The van der Waals surface area contributed by atoms with E-state index in [2.05, 4.69) is 0 Å². The Morgan fingerprint density at radius 1 is 1.43 bits per heavy atom. The van der Waals surface area contributed by atoms with Crippen LogP contribution >= 0.6 is 0 Å². The van der Waals surface area contributed by atoms with Gasteiger partial charge in [-0.3, -0.25) is 4.79 Å². The molecule has 1 unspecified atom stereocenters. The van der Waals surface area contributed by atoms with E-state index in [1.54, 1.807) is 0 Å². The monoisotopic (exact) mass is 219 g/mol. The molecule has 2 rings (SSSR count). The van der Waals surface area contributed by atoms with Crippen LogP contribution in [-0.4, -0.2) is 42.1 Å². The van der Waals surface area contributed by atoms with Gasteiger partial charge in [-0.15, -0.1) is 0 Å². The molecule has 1 heterocycles. The maximum Gasteiger partial charge on any atom is 0.322 e. The summed E-state index contributed by atoms with van der Waals surface area (Å²) in [6.07, 6.45) is 2.23. The summed E-state index contributed by atoms with van der Waals surface area (Å²) in [5, 5.41) is 8.97. The molecule has 0 spiro atoms. The van der Waals surface area contributed by atoms with Gasteiger partial charge in [-0.2, -0.15) is 4.31 Å². The molecule has 80 valence electrons. The molecular weight excluding hydrogens is 206 g/mol. The fraction of sp³-hybridized carbons (Fsp3) is 0.875. The summed E-state index contributed by atoms with van der Waals surface area (Å²) in [7, 11) is -3.28. The van der Waals surface area contributed by atoms with Gasteiger partial charge < -0.3 is 5.11 Å². The van der Waals surface area contributed by atoms with Gasteiger partial charge >= 0.3 is 5.97 Å². The van der Waals surface area contributed by atoms with Crippen molar-refractivity contribution in [1.29, 1.82) is 0 Å². The highest BCUT2D eigenvalue weighted by Crippen LogP contribution is 2.37. The largest absolute Gasteiger partial charge is 0.480 e. The normalized spacial score (nSPS) is 28.9. The van der Waals surface area contributed by atoms with Crippen LogP contribution in [0.15, 0.2) is 0 Å². The van der Waals surface area contributed by atoms with Gasteiger partial charge in [-0.1, -0.05) is 0 Å². The Hall–Kier alpha value is -0.620. The fourth-order valence-electron chi connectivity index (χ4n) is 1.94. The molecule has 1 aliphatic heterocycles. The maximum atomic E-state index is 11.5. The molecule has 0 bridgehead atoms. The van der Waals surface area contributed by atoms with Crippen molar-refractivity contribution in [3.05, 3.63) is 0 Å². The minimum atomic E-state index is -3.28. The Balaban J connectivity index is 2.22. The number of carbonyl (C=O) groups is 1. The summed E-state index contributed by atoms with van der Waals surface area (Å²) in [6.45, 7) is 0.371. The topological polar surface area (TPSA) is 74.7 Å². The minimum Gasteiger partial charge on any atom is -0.480 e. The van der Waals surface area contributed by atoms with E-state index < -0.39 is 22.0 Å². The van der Waals surface area contributed by atoms with Crippen LogP contribution in [0.1, 0.15) is 19.3 Å². The van der Waals surface area contributed by atoms with Crippen molar-refractivity contribution < 1.29 is 18.3 Å². The lowest BCUT2D eigenvalue weighted by atomic mass is 10.2. The summed E-state index contributed by atoms with van der Waals surface area (Å²) in [5.41, 5.74) is 0. The third-order valence-electron chi connectivity index (χ3n) is 2.77. The molecule has 5 nitrogen and oxygen atoms in total. The van der Waals surface area contributed by atoms with Gasteiger partial charge in [0.15, 0.2) is 0 Å². The van der Waals surface area contributed by atoms with E-state index in [-0.39, 0.29) is 11.7 Å². The number of hydrogen-bond donors (Lipinski definition) is 1. The molecule has 1 atom stereocenters. The molecule has 0 radical (unpaired) electrons. The highest BCUT2D eigenvalue weighted by molar-refractivity contribution is 7.89. The standard InChI is InChI=1S/C8H13NO4S/c10-8(11)7(6-2-3-6)9-4-1-5-14(9,12)13/h6-7H,1-5H2,(H,10,11). The van der Waals surface area contributed by atoms with Gasteiger partial charge in [0, 0.05) is 6.54 Å². The maximum absolute atomic E-state index is 11.5. The smallest absolute Gasteiger partial charge is 0.322 e. The van der Waals surface area contributed by atoms with Crippen molar-refractivity contribution in [3.63, 3.8) is 0 Å². The van der Waals surface area contributed by atoms with Gasteiger partial charge in [0.05, 0.1) is 5.75 Å². The minimum absolute atomic E-state index is 0.0420. The molecule has 6 heteroatoms. The molecule has 14 heavy (non-hydrogen) atoms. The van der Waals surface area contributed by atoms with Gasteiger partial charge in [-0.25, -0.2) is 8.42 Å².